The lowest BCUT2D eigenvalue weighted by Gasteiger charge is -2.11. The number of Topliss-reactive ketones (excluding diaryl/α,β-unsaturated/α-hetero) is 1. The van der Waals surface area contributed by atoms with Gasteiger partial charge in [0, 0.05) is 29.9 Å². The normalized spacial score (nSPS) is 12.3. The van der Waals surface area contributed by atoms with Gasteiger partial charge < -0.3 is 15.2 Å². The minimum absolute atomic E-state index is 0.0368. The van der Waals surface area contributed by atoms with E-state index >= 15 is 0 Å². The quantitative estimate of drug-likeness (QED) is 0.155. The van der Waals surface area contributed by atoms with Gasteiger partial charge in [-0.2, -0.15) is 0 Å². The van der Waals surface area contributed by atoms with Crippen molar-refractivity contribution in [3.8, 4) is 5.75 Å². The topological polar surface area (TPSA) is 90.4 Å². The molecule has 0 saturated heterocycles. The fourth-order valence-corrected chi connectivity index (χ4v) is 4.92. The van der Waals surface area contributed by atoms with E-state index in [2.05, 4.69) is 11.9 Å². The third-order valence-electron chi connectivity index (χ3n) is 7.10. The first-order chi connectivity index (χ1) is 17.0. The SMILES string of the molecule is CCCCCCCCCCCCCCCCCC(=O)CC(Cc1c[nH]c2ccc(O)cc12)C(=O)O. The number of rotatable bonds is 21. The Morgan fingerprint density at radius 2 is 1.37 bits per heavy atom. The van der Waals surface area contributed by atoms with Crippen molar-refractivity contribution < 1.29 is 19.8 Å². The molecule has 0 aliphatic carbocycles. The van der Waals surface area contributed by atoms with Crippen LogP contribution in [-0.2, 0) is 16.0 Å². The molecule has 1 heterocycles. The number of phenolic OH excluding ortho intramolecular Hbond substituents is 1. The number of fused-ring (bicyclic) bond motifs is 1. The van der Waals surface area contributed by atoms with Crippen LogP contribution < -0.4 is 0 Å². The third-order valence-corrected chi connectivity index (χ3v) is 7.10. The zero-order valence-electron chi connectivity index (χ0n) is 21.8. The smallest absolute Gasteiger partial charge is 0.307 e. The van der Waals surface area contributed by atoms with Gasteiger partial charge in [0.2, 0.25) is 0 Å². The third kappa shape index (κ3) is 11.8. The number of aliphatic carboxylic acids is 1. The number of aromatic nitrogens is 1. The molecule has 0 bridgehead atoms. The summed E-state index contributed by atoms with van der Waals surface area (Å²) in [6.45, 7) is 2.26. The second-order valence-electron chi connectivity index (χ2n) is 10.2. The lowest BCUT2D eigenvalue weighted by Crippen LogP contribution is -2.20. The molecule has 0 fully saturated rings. The average molecular weight is 486 g/mol. The number of benzene rings is 1. The van der Waals surface area contributed by atoms with Crippen LogP contribution in [0.2, 0.25) is 0 Å². The molecular formula is C30H47NO4. The van der Waals surface area contributed by atoms with Crippen molar-refractivity contribution in [1.29, 1.82) is 0 Å². The summed E-state index contributed by atoms with van der Waals surface area (Å²) in [7, 11) is 0. The van der Waals surface area contributed by atoms with E-state index in [0.717, 1.165) is 35.7 Å². The average Bonchev–Trinajstić information content (AvgIpc) is 3.22. The summed E-state index contributed by atoms with van der Waals surface area (Å²) in [6, 6.07) is 5.00. The molecule has 5 heteroatoms. The second-order valence-corrected chi connectivity index (χ2v) is 10.2. The largest absolute Gasteiger partial charge is 0.508 e. The van der Waals surface area contributed by atoms with Gasteiger partial charge in [0.15, 0.2) is 0 Å². The number of nitrogens with one attached hydrogen (secondary N) is 1. The van der Waals surface area contributed by atoms with Crippen LogP contribution in [0.25, 0.3) is 10.9 Å². The van der Waals surface area contributed by atoms with Crippen LogP contribution in [0.3, 0.4) is 0 Å². The fraction of sp³-hybridized carbons (Fsp3) is 0.667. The van der Waals surface area contributed by atoms with Gasteiger partial charge in [-0.1, -0.05) is 96.8 Å². The highest BCUT2D eigenvalue weighted by molar-refractivity contribution is 5.87. The summed E-state index contributed by atoms with van der Waals surface area (Å²) < 4.78 is 0. The Morgan fingerprint density at radius 1 is 0.829 bits per heavy atom. The number of carbonyl (C=O) groups excluding carboxylic acids is 1. The van der Waals surface area contributed by atoms with E-state index in [0.29, 0.717) is 6.42 Å². The number of ketones is 1. The summed E-state index contributed by atoms with van der Waals surface area (Å²) in [4.78, 5) is 27.3. The Bertz CT molecular complexity index is 872. The lowest BCUT2D eigenvalue weighted by atomic mass is 9.92. The van der Waals surface area contributed by atoms with Crippen LogP contribution >= 0.6 is 0 Å². The zero-order chi connectivity index (χ0) is 25.3. The Morgan fingerprint density at radius 3 is 1.91 bits per heavy atom. The summed E-state index contributed by atoms with van der Waals surface area (Å²) in [5, 5.41) is 20.2. The molecule has 1 unspecified atom stereocenters. The van der Waals surface area contributed by atoms with Crippen LogP contribution in [0.4, 0.5) is 0 Å². The Labute approximate surface area is 211 Å². The molecule has 5 nitrogen and oxygen atoms in total. The minimum Gasteiger partial charge on any atom is -0.508 e. The molecule has 1 atom stereocenters. The molecule has 0 saturated carbocycles. The molecule has 2 aromatic rings. The van der Waals surface area contributed by atoms with Crippen molar-refractivity contribution in [3.05, 3.63) is 30.0 Å². The molecule has 1 aromatic carbocycles. The summed E-state index contributed by atoms with van der Waals surface area (Å²) in [5.41, 5.74) is 1.68. The van der Waals surface area contributed by atoms with Crippen LogP contribution in [0.1, 0.15) is 122 Å². The second kappa shape index (κ2) is 17.2. The van der Waals surface area contributed by atoms with Crippen molar-refractivity contribution in [1.82, 2.24) is 4.98 Å². The monoisotopic (exact) mass is 485 g/mol. The van der Waals surface area contributed by atoms with Crippen LogP contribution in [0.5, 0.6) is 5.75 Å². The predicted molar refractivity (Wildman–Crippen MR) is 144 cm³/mol. The number of unbranched alkanes of at least 4 members (excludes halogenated alkanes) is 14. The van der Waals surface area contributed by atoms with E-state index in [4.69, 9.17) is 0 Å². The zero-order valence-corrected chi connectivity index (χ0v) is 21.8. The van der Waals surface area contributed by atoms with Crippen molar-refractivity contribution in [2.45, 2.75) is 122 Å². The molecule has 0 aliphatic rings. The van der Waals surface area contributed by atoms with Gasteiger partial charge in [-0.25, -0.2) is 0 Å². The molecule has 0 radical (unpaired) electrons. The number of hydrogen-bond acceptors (Lipinski definition) is 3. The maximum atomic E-state index is 12.4. The lowest BCUT2D eigenvalue weighted by molar-refractivity contribution is -0.143. The van der Waals surface area contributed by atoms with Crippen LogP contribution in [0, 0.1) is 5.92 Å². The number of carbonyl (C=O) groups is 2. The number of aromatic amines is 1. The Kier molecular flexibility index (Phi) is 14.2. The standard InChI is InChI=1S/C30H47NO4/c1-2-3-4-5-6-7-8-9-10-11-12-13-14-15-16-17-26(32)21-24(30(34)35)20-25-23-31-29-19-18-27(33)22-28(25)29/h18-19,22-24,31,33H,2-17,20-21H2,1H3,(H,34,35). The minimum atomic E-state index is -0.940. The van der Waals surface area contributed by atoms with Gasteiger partial charge in [-0.05, 0) is 36.6 Å². The number of aromatic hydroxyl groups is 1. The molecule has 0 spiro atoms. The summed E-state index contributed by atoms with van der Waals surface area (Å²) >= 11 is 0. The molecule has 1 aromatic heterocycles. The molecule has 0 amide bonds. The number of carboxylic acid groups (broad SMARTS) is 1. The van der Waals surface area contributed by atoms with Gasteiger partial charge >= 0.3 is 5.97 Å². The van der Waals surface area contributed by atoms with E-state index in [1.807, 2.05) is 0 Å². The highest BCUT2D eigenvalue weighted by Gasteiger charge is 2.23. The van der Waals surface area contributed by atoms with Gasteiger partial charge in [0.25, 0.3) is 0 Å². The van der Waals surface area contributed by atoms with Crippen molar-refractivity contribution in [2.75, 3.05) is 0 Å². The molecule has 3 N–H and O–H groups in total. The maximum absolute atomic E-state index is 12.4. The predicted octanol–water partition coefficient (Wildman–Crippen LogP) is 8.34. The maximum Gasteiger partial charge on any atom is 0.307 e. The molecule has 35 heavy (non-hydrogen) atoms. The fourth-order valence-electron chi connectivity index (χ4n) is 4.92. The van der Waals surface area contributed by atoms with Crippen LogP contribution in [0.15, 0.2) is 24.4 Å². The Hall–Kier alpha value is -2.30. The van der Waals surface area contributed by atoms with Crippen LogP contribution in [-0.4, -0.2) is 26.9 Å². The van der Waals surface area contributed by atoms with Gasteiger partial charge in [0.1, 0.15) is 11.5 Å². The molecule has 0 aliphatic heterocycles. The summed E-state index contributed by atoms with van der Waals surface area (Å²) in [6.07, 6.45) is 21.9. The molecule has 196 valence electrons. The molecule has 2 rings (SSSR count). The van der Waals surface area contributed by atoms with Crippen molar-refractivity contribution >= 4 is 22.7 Å². The number of phenols is 1. The first-order valence-corrected chi connectivity index (χ1v) is 14.0. The van der Waals surface area contributed by atoms with Gasteiger partial charge in [-0.3, -0.25) is 9.59 Å². The first kappa shape index (κ1) is 28.9. The van der Waals surface area contributed by atoms with Crippen molar-refractivity contribution in [3.63, 3.8) is 0 Å². The van der Waals surface area contributed by atoms with Crippen molar-refractivity contribution in [2.24, 2.45) is 5.92 Å². The van der Waals surface area contributed by atoms with E-state index in [9.17, 15) is 19.8 Å². The highest BCUT2D eigenvalue weighted by atomic mass is 16.4. The highest BCUT2D eigenvalue weighted by Crippen LogP contribution is 2.26. The van der Waals surface area contributed by atoms with E-state index < -0.39 is 11.9 Å². The number of hydrogen-bond donors (Lipinski definition) is 3. The molecular weight excluding hydrogens is 438 g/mol. The van der Waals surface area contributed by atoms with Gasteiger partial charge in [0.05, 0.1) is 5.92 Å². The first-order valence-electron chi connectivity index (χ1n) is 14.0. The number of H-pyrrole nitrogens is 1. The van der Waals surface area contributed by atoms with E-state index in [1.54, 1.807) is 24.4 Å². The summed E-state index contributed by atoms with van der Waals surface area (Å²) in [5.74, 6) is -1.49. The van der Waals surface area contributed by atoms with Gasteiger partial charge in [-0.15, -0.1) is 0 Å². The number of carboxylic acids is 1. The van der Waals surface area contributed by atoms with E-state index in [-0.39, 0.29) is 24.4 Å². The Balaban J connectivity index is 1.52. The van der Waals surface area contributed by atoms with E-state index in [1.165, 1.54) is 77.0 Å².